The van der Waals surface area contributed by atoms with Crippen LogP contribution in [0.25, 0.3) is 0 Å². The van der Waals surface area contributed by atoms with E-state index in [9.17, 15) is 4.79 Å². The Bertz CT molecular complexity index is 377. The zero-order valence-electron chi connectivity index (χ0n) is 10.9. The van der Waals surface area contributed by atoms with Gasteiger partial charge in [-0.1, -0.05) is 6.92 Å². The smallest absolute Gasteiger partial charge is 0.163 e. The summed E-state index contributed by atoms with van der Waals surface area (Å²) in [6, 6.07) is 7.44. The monoisotopic (exact) mass is 248 g/mol. The van der Waals surface area contributed by atoms with Gasteiger partial charge in [0.2, 0.25) is 0 Å². The molecular formula is C15H20O3. The molecule has 1 unspecified atom stereocenters. The van der Waals surface area contributed by atoms with Gasteiger partial charge in [-0.25, -0.2) is 0 Å². The molecule has 3 heteroatoms. The summed E-state index contributed by atoms with van der Waals surface area (Å²) in [7, 11) is 0. The number of carbonyl (C=O) groups excluding carboxylic acids is 1. The SMILES string of the molecule is CCCOc1ccc(C(=O)CC2CCOC2)cc1. The maximum atomic E-state index is 12.0. The van der Waals surface area contributed by atoms with E-state index in [0.717, 1.165) is 37.4 Å². The maximum absolute atomic E-state index is 12.0. The van der Waals surface area contributed by atoms with Crippen LogP contribution in [0.4, 0.5) is 0 Å². The lowest BCUT2D eigenvalue weighted by molar-refractivity contribution is 0.0952. The molecule has 0 saturated carbocycles. The van der Waals surface area contributed by atoms with E-state index in [0.29, 0.717) is 18.9 Å². The Morgan fingerprint density at radius 2 is 2.17 bits per heavy atom. The molecule has 1 aromatic carbocycles. The summed E-state index contributed by atoms with van der Waals surface area (Å²) in [6.07, 6.45) is 2.58. The Balaban J connectivity index is 1.89. The molecule has 0 bridgehead atoms. The number of carbonyl (C=O) groups is 1. The zero-order valence-corrected chi connectivity index (χ0v) is 10.9. The van der Waals surface area contributed by atoms with Crippen LogP contribution in [0.15, 0.2) is 24.3 Å². The third-order valence-corrected chi connectivity index (χ3v) is 3.15. The number of benzene rings is 1. The minimum Gasteiger partial charge on any atom is -0.494 e. The molecule has 1 saturated heterocycles. The van der Waals surface area contributed by atoms with Crippen molar-refractivity contribution in [3.63, 3.8) is 0 Å². The Kier molecular flexibility index (Phi) is 4.76. The Morgan fingerprint density at radius 1 is 1.39 bits per heavy atom. The van der Waals surface area contributed by atoms with Crippen molar-refractivity contribution in [2.24, 2.45) is 5.92 Å². The average Bonchev–Trinajstić information content (AvgIpc) is 2.89. The van der Waals surface area contributed by atoms with E-state index in [1.54, 1.807) is 0 Å². The molecule has 0 aliphatic carbocycles. The van der Waals surface area contributed by atoms with Crippen LogP contribution in [0.3, 0.4) is 0 Å². The van der Waals surface area contributed by atoms with E-state index in [-0.39, 0.29) is 5.78 Å². The molecule has 1 heterocycles. The molecule has 0 amide bonds. The normalized spacial score (nSPS) is 18.8. The minimum atomic E-state index is 0.201. The molecule has 1 aliphatic heterocycles. The van der Waals surface area contributed by atoms with E-state index in [1.165, 1.54) is 0 Å². The van der Waals surface area contributed by atoms with Crippen molar-refractivity contribution >= 4 is 5.78 Å². The van der Waals surface area contributed by atoms with Gasteiger partial charge in [-0.05, 0) is 43.0 Å². The quantitative estimate of drug-likeness (QED) is 0.726. The van der Waals surface area contributed by atoms with Crippen molar-refractivity contribution in [2.75, 3.05) is 19.8 Å². The summed E-state index contributed by atoms with van der Waals surface area (Å²) in [5, 5.41) is 0. The molecule has 3 nitrogen and oxygen atoms in total. The number of rotatable bonds is 6. The highest BCUT2D eigenvalue weighted by atomic mass is 16.5. The summed E-state index contributed by atoms with van der Waals surface area (Å²) in [4.78, 5) is 12.0. The molecule has 2 rings (SSSR count). The second-order valence-electron chi connectivity index (χ2n) is 4.73. The number of ether oxygens (including phenoxy) is 2. The second-order valence-corrected chi connectivity index (χ2v) is 4.73. The fourth-order valence-corrected chi connectivity index (χ4v) is 2.08. The van der Waals surface area contributed by atoms with E-state index >= 15 is 0 Å². The van der Waals surface area contributed by atoms with Gasteiger partial charge in [-0.15, -0.1) is 0 Å². The lowest BCUT2D eigenvalue weighted by Crippen LogP contribution is -2.08. The van der Waals surface area contributed by atoms with Gasteiger partial charge in [0.1, 0.15) is 5.75 Å². The number of Topliss-reactive ketones (excluding diaryl/α,β-unsaturated/α-hetero) is 1. The molecule has 0 radical (unpaired) electrons. The number of hydrogen-bond donors (Lipinski definition) is 0. The van der Waals surface area contributed by atoms with Crippen LogP contribution in [0.2, 0.25) is 0 Å². The zero-order chi connectivity index (χ0) is 12.8. The summed E-state index contributed by atoms with van der Waals surface area (Å²) in [5.74, 6) is 1.43. The van der Waals surface area contributed by atoms with Crippen molar-refractivity contribution < 1.29 is 14.3 Å². The van der Waals surface area contributed by atoms with Gasteiger partial charge >= 0.3 is 0 Å². The van der Waals surface area contributed by atoms with E-state index in [2.05, 4.69) is 6.92 Å². The number of ketones is 1. The van der Waals surface area contributed by atoms with Crippen LogP contribution in [-0.4, -0.2) is 25.6 Å². The van der Waals surface area contributed by atoms with Crippen LogP contribution in [-0.2, 0) is 4.74 Å². The van der Waals surface area contributed by atoms with Crippen molar-refractivity contribution in [1.82, 2.24) is 0 Å². The molecule has 1 aromatic rings. The fourth-order valence-electron chi connectivity index (χ4n) is 2.08. The van der Waals surface area contributed by atoms with Crippen LogP contribution >= 0.6 is 0 Å². The molecule has 0 spiro atoms. The summed E-state index contributed by atoms with van der Waals surface area (Å²) >= 11 is 0. The summed E-state index contributed by atoms with van der Waals surface area (Å²) < 4.78 is 10.8. The Labute approximate surface area is 108 Å². The lowest BCUT2D eigenvalue weighted by Gasteiger charge is -2.08. The standard InChI is InChI=1S/C15H20O3/c1-2-8-18-14-5-3-13(4-6-14)15(16)10-12-7-9-17-11-12/h3-6,12H,2,7-11H2,1H3. The highest BCUT2D eigenvalue weighted by molar-refractivity contribution is 5.96. The van der Waals surface area contributed by atoms with Gasteiger partial charge in [-0.2, -0.15) is 0 Å². The van der Waals surface area contributed by atoms with Gasteiger partial charge < -0.3 is 9.47 Å². The molecule has 0 aromatic heterocycles. The third kappa shape index (κ3) is 3.57. The largest absolute Gasteiger partial charge is 0.494 e. The van der Waals surface area contributed by atoms with Crippen molar-refractivity contribution in [1.29, 1.82) is 0 Å². The van der Waals surface area contributed by atoms with Gasteiger partial charge in [0.25, 0.3) is 0 Å². The molecule has 0 N–H and O–H groups in total. The first-order valence-corrected chi connectivity index (χ1v) is 6.63. The predicted molar refractivity (Wildman–Crippen MR) is 70.1 cm³/mol. The summed E-state index contributed by atoms with van der Waals surface area (Å²) in [5.41, 5.74) is 0.769. The van der Waals surface area contributed by atoms with Crippen LogP contribution in [0.1, 0.15) is 36.5 Å². The highest BCUT2D eigenvalue weighted by Gasteiger charge is 2.19. The van der Waals surface area contributed by atoms with Gasteiger partial charge in [0.15, 0.2) is 5.78 Å². The van der Waals surface area contributed by atoms with E-state index in [1.807, 2.05) is 24.3 Å². The van der Waals surface area contributed by atoms with Gasteiger partial charge in [0.05, 0.1) is 6.61 Å². The van der Waals surface area contributed by atoms with Crippen molar-refractivity contribution in [3.05, 3.63) is 29.8 Å². The average molecular weight is 248 g/mol. The van der Waals surface area contributed by atoms with Gasteiger partial charge in [0, 0.05) is 25.2 Å². The highest BCUT2D eigenvalue weighted by Crippen LogP contribution is 2.20. The summed E-state index contributed by atoms with van der Waals surface area (Å²) in [6.45, 7) is 4.31. The molecule has 1 fully saturated rings. The molecule has 1 atom stereocenters. The molecule has 18 heavy (non-hydrogen) atoms. The molecular weight excluding hydrogens is 228 g/mol. The Morgan fingerprint density at radius 3 is 2.78 bits per heavy atom. The topological polar surface area (TPSA) is 35.5 Å². The number of hydrogen-bond acceptors (Lipinski definition) is 3. The lowest BCUT2D eigenvalue weighted by atomic mass is 9.98. The van der Waals surface area contributed by atoms with E-state index in [4.69, 9.17) is 9.47 Å². The minimum absolute atomic E-state index is 0.201. The van der Waals surface area contributed by atoms with Crippen LogP contribution in [0, 0.1) is 5.92 Å². The Hall–Kier alpha value is -1.35. The van der Waals surface area contributed by atoms with Crippen molar-refractivity contribution in [3.8, 4) is 5.75 Å². The second kappa shape index (κ2) is 6.55. The van der Waals surface area contributed by atoms with Crippen LogP contribution < -0.4 is 4.74 Å². The fraction of sp³-hybridized carbons (Fsp3) is 0.533. The maximum Gasteiger partial charge on any atom is 0.163 e. The van der Waals surface area contributed by atoms with E-state index < -0.39 is 0 Å². The van der Waals surface area contributed by atoms with Gasteiger partial charge in [-0.3, -0.25) is 4.79 Å². The molecule has 1 aliphatic rings. The first kappa shape index (κ1) is 13.1. The first-order chi connectivity index (χ1) is 8.79. The van der Waals surface area contributed by atoms with Crippen LogP contribution in [0.5, 0.6) is 5.75 Å². The third-order valence-electron chi connectivity index (χ3n) is 3.15. The predicted octanol–water partition coefficient (Wildman–Crippen LogP) is 3.08. The molecule has 98 valence electrons. The van der Waals surface area contributed by atoms with Crippen molar-refractivity contribution in [2.45, 2.75) is 26.2 Å². The first-order valence-electron chi connectivity index (χ1n) is 6.63.